The van der Waals surface area contributed by atoms with Crippen molar-refractivity contribution in [1.29, 1.82) is 0 Å². The van der Waals surface area contributed by atoms with Crippen LogP contribution in [0.2, 0.25) is 0 Å². The molecule has 2 aromatic heterocycles. The van der Waals surface area contributed by atoms with Crippen LogP contribution in [0, 0.1) is 5.92 Å². The Bertz CT molecular complexity index is 1780. The lowest BCUT2D eigenvalue weighted by Crippen LogP contribution is -2.33. The zero-order valence-electron chi connectivity index (χ0n) is 29.0. The molecule has 2 unspecified atom stereocenters. The Labute approximate surface area is 280 Å². The molecule has 0 amide bonds. The summed E-state index contributed by atoms with van der Waals surface area (Å²) in [5.41, 5.74) is 5.88. The summed E-state index contributed by atoms with van der Waals surface area (Å²) in [4.78, 5) is 11.8. The van der Waals surface area contributed by atoms with Gasteiger partial charge in [-0.15, -0.1) is 0 Å². The second-order valence-corrected chi connectivity index (χ2v) is 14.8. The van der Waals surface area contributed by atoms with Crippen molar-refractivity contribution in [3.63, 3.8) is 0 Å². The van der Waals surface area contributed by atoms with E-state index in [2.05, 4.69) is 115 Å². The molecule has 1 aliphatic rings. The highest BCUT2D eigenvalue weighted by molar-refractivity contribution is 5.90. The first-order chi connectivity index (χ1) is 22.6. The summed E-state index contributed by atoms with van der Waals surface area (Å²) in [5.74, 6) is 2.49. The molecule has 2 atom stereocenters. The largest absolute Gasteiger partial charge is 0.388 e. The van der Waals surface area contributed by atoms with Crippen LogP contribution < -0.4 is 15.5 Å². The van der Waals surface area contributed by atoms with Crippen molar-refractivity contribution < 1.29 is 5.11 Å². The maximum absolute atomic E-state index is 11.5. The van der Waals surface area contributed by atoms with Crippen LogP contribution in [0.4, 0.5) is 11.8 Å². The third-order valence-corrected chi connectivity index (χ3v) is 10.0. The third kappa shape index (κ3) is 7.63. The van der Waals surface area contributed by atoms with Gasteiger partial charge in [0.15, 0.2) is 0 Å². The summed E-state index contributed by atoms with van der Waals surface area (Å²) in [7, 11) is 6.19. The summed E-state index contributed by atoms with van der Waals surface area (Å²) < 4.78 is 2.22. The Morgan fingerprint density at radius 1 is 0.894 bits per heavy atom. The van der Waals surface area contributed by atoms with Crippen molar-refractivity contribution in [2.75, 3.05) is 37.4 Å². The Morgan fingerprint density at radius 2 is 1.57 bits per heavy atom. The summed E-state index contributed by atoms with van der Waals surface area (Å²) >= 11 is 0. The van der Waals surface area contributed by atoms with Crippen LogP contribution in [0.1, 0.15) is 81.6 Å². The van der Waals surface area contributed by atoms with Crippen molar-refractivity contribution in [3.8, 4) is 0 Å². The number of para-hydroxylation sites is 2. The van der Waals surface area contributed by atoms with Gasteiger partial charge in [0.1, 0.15) is 5.82 Å². The molecule has 0 radical (unpaired) electrons. The third-order valence-electron chi connectivity index (χ3n) is 10.0. The van der Waals surface area contributed by atoms with Gasteiger partial charge in [0.2, 0.25) is 5.95 Å². The predicted molar refractivity (Wildman–Crippen MR) is 196 cm³/mol. The van der Waals surface area contributed by atoms with Crippen molar-refractivity contribution in [2.24, 2.45) is 13.0 Å². The molecular formula is C40H52N6O. The fourth-order valence-electron chi connectivity index (χ4n) is 7.25. The molecule has 7 heteroatoms. The van der Waals surface area contributed by atoms with E-state index in [1.807, 2.05) is 26.2 Å². The number of hydrogen-bond donors (Lipinski definition) is 3. The second kappa shape index (κ2) is 14.0. The summed E-state index contributed by atoms with van der Waals surface area (Å²) in [6, 6.07) is 25.8. The first kappa shape index (κ1) is 33.0. The Balaban J connectivity index is 1.08. The van der Waals surface area contributed by atoms with Crippen molar-refractivity contribution >= 4 is 33.6 Å². The monoisotopic (exact) mass is 632 g/mol. The van der Waals surface area contributed by atoms with Gasteiger partial charge in [-0.25, -0.2) is 4.98 Å². The molecule has 6 rings (SSSR count). The minimum Gasteiger partial charge on any atom is -0.388 e. The number of benzene rings is 3. The molecule has 47 heavy (non-hydrogen) atoms. The molecule has 0 saturated heterocycles. The number of nitrogens with zero attached hydrogens (tertiary/aromatic N) is 4. The highest BCUT2D eigenvalue weighted by atomic mass is 16.3. The highest BCUT2D eigenvalue weighted by Gasteiger charge is 2.25. The molecule has 0 aliphatic heterocycles. The van der Waals surface area contributed by atoms with Crippen LogP contribution in [-0.4, -0.2) is 52.9 Å². The maximum atomic E-state index is 11.5. The van der Waals surface area contributed by atoms with E-state index in [0.717, 1.165) is 54.2 Å². The topological polar surface area (TPSA) is 78.2 Å². The first-order valence-electron chi connectivity index (χ1n) is 17.3. The van der Waals surface area contributed by atoms with E-state index >= 15 is 0 Å². The number of aliphatic hydroxyl groups is 1. The van der Waals surface area contributed by atoms with Gasteiger partial charge in [-0.2, -0.15) is 4.98 Å². The number of anilines is 2. The molecule has 0 bridgehead atoms. The maximum Gasteiger partial charge on any atom is 0.225 e. The van der Waals surface area contributed by atoms with Crippen LogP contribution in [-0.2, 0) is 12.5 Å². The molecule has 248 valence electrons. The van der Waals surface area contributed by atoms with Crippen molar-refractivity contribution in [2.45, 2.75) is 76.4 Å². The van der Waals surface area contributed by atoms with Gasteiger partial charge in [-0.3, -0.25) is 0 Å². The SMILES string of the molecule is CN(C)c1nc(NC2CCC(CNCC(CC(O)c3ccc(C(C)(C)C)cc3)c3cn(C)c4ccccc34)CC2)nc2ccccc12. The van der Waals surface area contributed by atoms with Gasteiger partial charge in [0, 0.05) is 62.1 Å². The minimum absolute atomic E-state index is 0.0912. The molecule has 5 aromatic rings. The molecule has 7 nitrogen and oxygen atoms in total. The molecule has 3 aromatic carbocycles. The lowest BCUT2D eigenvalue weighted by atomic mass is 9.85. The van der Waals surface area contributed by atoms with Gasteiger partial charge in [0.05, 0.1) is 11.6 Å². The quantitative estimate of drug-likeness (QED) is 0.137. The van der Waals surface area contributed by atoms with Gasteiger partial charge in [0.25, 0.3) is 0 Å². The van der Waals surface area contributed by atoms with Crippen molar-refractivity contribution in [3.05, 3.63) is 95.7 Å². The van der Waals surface area contributed by atoms with E-state index in [-0.39, 0.29) is 11.3 Å². The molecule has 0 spiro atoms. The zero-order valence-corrected chi connectivity index (χ0v) is 29.0. The van der Waals surface area contributed by atoms with E-state index in [9.17, 15) is 5.11 Å². The highest BCUT2D eigenvalue weighted by Crippen LogP contribution is 2.35. The number of nitrogens with one attached hydrogen (secondary N) is 2. The van der Waals surface area contributed by atoms with Crippen LogP contribution in [0.3, 0.4) is 0 Å². The van der Waals surface area contributed by atoms with Gasteiger partial charge >= 0.3 is 0 Å². The van der Waals surface area contributed by atoms with Gasteiger partial charge in [-0.05, 0) is 84.9 Å². The van der Waals surface area contributed by atoms with E-state index in [4.69, 9.17) is 9.97 Å². The fourth-order valence-corrected chi connectivity index (χ4v) is 7.25. The molecule has 2 heterocycles. The van der Waals surface area contributed by atoms with Crippen LogP contribution in [0.25, 0.3) is 21.8 Å². The smallest absolute Gasteiger partial charge is 0.225 e. The molecule has 1 fully saturated rings. The Morgan fingerprint density at radius 3 is 2.28 bits per heavy atom. The van der Waals surface area contributed by atoms with Crippen LogP contribution >= 0.6 is 0 Å². The molecular weight excluding hydrogens is 580 g/mol. The summed E-state index contributed by atoms with van der Waals surface area (Å²) in [6.07, 6.45) is 6.96. The lowest BCUT2D eigenvalue weighted by molar-refractivity contribution is 0.156. The molecule has 1 aliphatic carbocycles. The van der Waals surface area contributed by atoms with Crippen LogP contribution in [0.5, 0.6) is 0 Å². The number of aromatic nitrogens is 3. The van der Waals surface area contributed by atoms with Crippen molar-refractivity contribution in [1.82, 2.24) is 19.9 Å². The molecule has 3 N–H and O–H groups in total. The van der Waals surface area contributed by atoms with Gasteiger partial charge in [-0.1, -0.05) is 75.4 Å². The number of hydrogen-bond acceptors (Lipinski definition) is 6. The van der Waals surface area contributed by atoms with E-state index in [1.165, 1.54) is 34.9 Å². The van der Waals surface area contributed by atoms with E-state index in [1.54, 1.807) is 0 Å². The number of aliphatic hydroxyl groups excluding tert-OH is 1. The predicted octanol–water partition coefficient (Wildman–Crippen LogP) is 7.95. The fraction of sp³-hybridized carbons (Fsp3) is 0.450. The van der Waals surface area contributed by atoms with E-state index in [0.29, 0.717) is 18.4 Å². The number of fused-ring (bicyclic) bond motifs is 2. The van der Waals surface area contributed by atoms with E-state index < -0.39 is 6.10 Å². The summed E-state index contributed by atoms with van der Waals surface area (Å²) in [5, 5.41) is 21.3. The standard InChI is InChI=1S/C40H52N6O/c1-40(2,3)30-19-17-28(18-20-30)37(47)23-29(34-26-46(6)36-14-10-8-11-32(34)36)25-41-24-27-15-21-31(22-16-27)42-39-43-35-13-9-7-12-33(35)38(44-39)45(4)5/h7-14,17-20,26-27,29,31,37,41,47H,15-16,21-25H2,1-6H3,(H,42,43,44). The lowest BCUT2D eigenvalue weighted by Gasteiger charge is -2.30. The normalized spacial score (nSPS) is 18.4. The summed E-state index contributed by atoms with van der Waals surface area (Å²) in [6.45, 7) is 8.50. The second-order valence-electron chi connectivity index (χ2n) is 14.8. The number of aryl methyl sites for hydroxylation is 1. The van der Waals surface area contributed by atoms with Crippen LogP contribution in [0.15, 0.2) is 79.0 Å². The Kier molecular flexibility index (Phi) is 9.85. The number of rotatable bonds is 11. The Hall–Kier alpha value is -3.94. The first-order valence-corrected chi connectivity index (χ1v) is 17.3. The average molecular weight is 633 g/mol. The van der Waals surface area contributed by atoms with Gasteiger partial charge < -0.3 is 25.2 Å². The zero-order chi connectivity index (χ0) is 33.1. The average Bonchev–Trinajstić information content (AvgIpc) is 3.40. The minimum atomic E-state index is -0.526. The molecule has 1 saturated carbocycles.